The molecule has 0 amide bonds. The summed E-state index contributed by atoms with van der Waals surface area (Å²) in [7, 11) is 0. The zero-order valence-corrected chi connectivity index (χ0v) is 20.1. The number of hydrogen-bond acceptors (Lipinski definition) is 8. The predicted molar refractivity (Wildman–Crippen MR) is 130 cm³/mol. The molecule has 0 radical (unpaired) electrons. The molecule has 0 aromatic carbocycles. The second-order valence-corrected chi connectivity index (χ2v) is 10.5. The van der Waals surface area contributed by atoms with E-state index in [-0.39, 0.29) is 11.6 Å². The number of aromatic nitrogens is 4. The van der Waals surface area contributed by atoms with Crippen molar-refractivity contribution in [3.63, 3.8) is 0 Å². The maximum Gasteiger partial charge on any atom is 0.223 e. The molecule has 172 valence electrons. The minimum Gasteiger partial charge on any atom is -0.393 e. The van der Waals surface area contributed by atoms with E-state index >= 15 is 0 Å². The van der Waals surface area contributed by atoms with Gasteiger partial charge in [-0.05, 0) is 64.2 Å². The van der Waals surface area contributed by atoms with Gasteiger partial charge in [0, 0.05) is 30.7 Å². The zero-order chi connectivity index (χ0) is 22.6. The fourth-order valence-electron chi connectivity index (χ4n) is 4.29. The number of nitrogens with zero attached hydrogens (tertiary/aromatic N) is 4. The summed E-state index contributed by atoms with van der Waals surface area (Å²) in [6.45, 7) is 7.38. The van der Waals surface area contributed by atoms with Crippen LogP contribution in [0.3, 0.4) is 0 Å². The highest BCUT2D eigenvalue weighted by molar-refractivity contribution is 7.18. The van der Waals surface area contributed by atoms with Gasteiger partial charge in [0.2, 0.25) is 5.95 Å². The van der Waals surface area contributed by atoms with Gasteiger partial charge in [0.25, 0.3) is 0 Å². The van der Waals surface area contributed by atoms with Crippen LogP contribution < -0.4 is 10.6 Å². The van der Waals surface area contributed by atoms with E-state index in [2.05, 4.69) is 42.5 Å². The lowest BCUT2D eigenvalue weighted by atomic mass is 9.93. The molecular weight excluding hydrogens is 420 g/mol. The third-order valence-corrected chi connectivity index (χ3v) is 7.01. The molecule has 1 saturated carbocycles. The first-order valence-corrected chi connectivity index (χ1v) is 12.5. The first-order chi connectivity index (χ1) is 15.4. The minimum absolute atomic E-state index is 0.0612. The Labute approximate surface area is 194 Å². The highest BCUT2D eigenvalue weighted by Gasteiger charge is 2.21. The van der Waals surface area contributed by atoms with Gasteiger partial charge >= 0.3 is 0 Å². The van der Waals surface area contributed by atoms with Crippen molar-refractivity contribution in [3.8, 4) is 0 Å². The molecule has 1 fully saturated rings. The lowest BCUT2D eigenvalue weighted by Gasteiger charge is -2.27. The number of thiazole rings is 1. The van der Waals surface area contributed by atoms with Crippen LogP contribution in [-0.4, -0.2) is 42.7 Å². The summed E-state index contributed by atoms with van der Waals surface area (Å²) >= 11 is 1.62. The zero-order valence-electron chi connectivity index (χ0n) is 19.3. The molecule has 1 aliphatic carbocycles. The molecule has 0 bridgehead atoms. The van der Waals surface area contributed by atoms with Gasteiger partial charge in [-0.3, -0.25) is 0 Å². The fraction of sp³-hybridized carbons (Fsp3) is 0.583. The van der Waals surface area contributed by atoms with E-state index in [0.717, 1.165) is 65.3 Å². The third-order valence-electron chi connectivity index (χ3n) is 6.03. The Morgan fingerprint density at radius 1 is 1.12 bits per heavy atom. The molecule has 3 heterocycles. The molecule has 0 saturated heterocycles. The molecule has 0 unspecified atom stereocenters. The Kier molecular flexibility index (Phi) is 7.33. The molecule has 32 heavy (non-hydrogen) atoms. The van der Waals surface area contributed by atoms with Crippen molar-refractivity contribution < 1.29 is 5.11 Å². The molecule has 3 aromatic heterocycles. The topological polar surface area (TPSA) is 95.9 Å². The first kappa shape index (κ1) is 23.0. The lowest BCUT2D eigenvalue weighted by Crippen LogP contribution is -2.38. The van der Waals surface area contributed by atoms with Crippen LogP contribution in [0.1, 0.15) is 75.7 Å². The molecule has 3 aromatic rings. The number of fused-ring (bicyclic) bond motifs is 1. The van der Waals surface area contributed by atoms with Crippen LogP contribution in [0.15, 0.2) is 24.4 Å². The molecule has 4 rings (SSSR count). The van der Waals surface area contributed by atoms with Crippen molar-refractivity contribution in [1.29, 1.82) is 0 Å². The van der Waals surface area contributed by atoms with Crippen molar-refractivity contribution >= 4 is 27.6 Å². The van der Waals surface area contributed by atoms with E-state index in [4.69, 9.17) is 15.0 Å². The second-order valence-electron chi connectivity index (χ2n) is 9.42. The maximum absolute atomic E-state index is 9.82. The summed E-state index contributed by atoms with van der Waals surface area (Å²) in [5.41, 5.74) is 2.94. The van der Waals surface area contributed by atoms with Crippen LogP contribution in [-0.2, 0) is 13.0 Å². The van der Waals surface area contributed by atoms with Crippen molar-refractivity contribution in [1.82, 2.24) is 25.3 Å². The highest BCUT2D eigenvalue weighted by atomic mass is 32.1. The number of pyridine rings is 1. The molecule has 0 atom stereocenters. The Balaban J connectivity index is 1.54. The van der Waals surface area contributed by atoms with Crippen LogP contribution in [0.5, 0.6) is 0 Å². The third kappa shape index (κ3) is 6.21. The van der Waals surface area contributed by atoms with Crippen LogP contribution in [0.25, 0.3) is 10.3 Å². The monoisotopic (exact) mass is 454 g/mol. The van der Waals surface area contributed by atoms with Crippen LogP contribution in [0, 0.1) is 0 Å². The summed E-state index contributed by atoms with van der Waals surface area (Å²) in [5.74, 6) is 0.674. The van der Waals surface area contributed by atoms with Gasteiger partial charge in [-0.2, -0.15) is 0 Å². The number of rotatable bonds is 9. The van der Waals surface area contributed by atoms with Gasteiger partial charge < -0.3 is 15.7 Å². The highest BCUT2D eigenvalue weighted by Crippen LogP contribution is 2.24. The van der Waals surface area contributed by atoms with Crippen LogP contribution in [0.2, 0.25) is 0 Å². The van der Waals surface area contributed by atoms with E-state index < -0.39 is 0 Å². The Hall–Kier alpha value is -2.16. The van der Waals surface area contributed by atoms with Gasteiger partial charge in [0.05, 0.1) is 17.5 Å². The van der Waals surface area contributed by atoms with E-state index in [9.17, 15) is 5.11 Å². The molecule has 0 aliphatic heterocycles. The molecular formula is C24H34N6OS. The number of aliphatic hydroxyl groups is 1. The standard InChI is InChI=1S/C24H34N6OS/c1-4-11-24(2,3)26-15-18-13-17(14-21-30-20-6-5-12-25-22(20)32-21)28-23(29-18)27-16-7-9-19(31)10-8-16/h5-6,12-13,16,19,26,31H,4,7-11,14-15H2,1-3H3,(H,27,28,29). The van der Waals surface area contributed by atoms with Crippen molar-refractivity contribution in [2.45, 2.75) is 89.9 Å². The van der Waals surface area contributed by atoms with E-state index in [1.54, 1.807) is 17.5 Å². The van der Waals surface area contributed by atoms with Crippen LogP contribution in [0.4, 0.5) is 5.95 Å². The van der Waals surface area contributed by atoms with Crippen molar-refractivity contribution in [3.05, 3.63) is 40.8 Å². The summed E-state index contributed by atoms with van der Waals surface area (Å²) in [6.07, 6.45) is 8.08. The smallest absolute Gasteiger partial charge is 0.223 e. The van der Waals surface area contributed by atoms with E-state index in [1.165, 1.54) is 0 Å². The summed E-state index contributed by atoms with van der Waals surface area (Å²) in [4.78, 5) is 19.8. The first-order valence-electron chi connectivity index (χ1n) is 11.7. The lowest BCUT2D eigenvalue weighted by molar-refractivity contribution is 0.126. The Morgan fingerprint density at radius 2 is 1.91 bits per heavy atom. The number of anilines is 1. The molecule has 7 nitrogen and oxygen atoms in total. The SMILES string of the molecule is CCCC(C)(C)NCc1cc(Cc2nc3cccnc3s2)nc(NC2CCC(O)CC2)n1. The summed E-state index contributed by atoms with van der Waals surface area (Å²) < 4.78 is 0. The molecule has 0 spiro atoms. The fourth-order valence-corrected chi connectivity index (χ4v) is 5.21. The minimum atomic E-state index is -0.173. The number of hydrogen-bond donors (Lipinski definition) is 3. The van der Waals surface area contributed by atoms with Crippen LogP contribution >= 0.6 is 11.3 Å². The average molecular weight is 455 g/mol. The second kappa shape index (κ2) is 10.2. The average Bonchev–Trinajstić information content (AvgIpc) is 3.16. The summed E-state index contributed by atoms with van der Waals surface area (Å²) in [5, 5.41) is 18.0. The van der Waals surface area contributed by atoms with Gasteiger partial charge in [0.15, 0.2) is 0 Å². The largest absolute Gasteiger partial charge is 0.393 e. The predicted octanol–water partition coefficient (Wildman–Crippen LogP) is 4.46. The molecule has 1 aliphatic rings. The number of nitrogens with one attached hydrogen (secondary N) is 2. The number of aliphatic hydroxyl groups excluding tert-OH is 1. The summed E-state index contributed by atoms with van der Waals surface area (Å²) in [6, 6.07) is 6.31. The van der Waals surface area contributed by atoms with Gasteiger partial charge in [-0.1, -0.05) is 24.7 Å². The van der Waals surface area contributed by atoms with E-state index in [1.807, 2.05) is 12.1 Å². The Bertz CT molecular complexity index is 995. The normalized spacial score (nSPS) is 19.4. The van der Waals surface area contributed by atoms with E-state index in [0.29, 0.717) is 25.0 Å². The van der Waals surface area contributed by atoms with Gasteiger partial charge in [-0.15, -0.1) is 0 Å². The Morgan fingerprint density at radius 3 is 2.66 bits per heavy atom. The van der Waals surface area contributed by atoms with Gasteiger partial charge in [0.1, 0.15) is 15.4 Å². The van der Waals surface area contributed by atoms with Crippen molar-refractivity contribution in [2.75, 3.05) is 5.32 Å². The molecule has 8 heteroatoms. The quantitative estimate of drug-likeness (QED) is 0.439. The van der Waals surface area contributed by atoms with Crippen molar-refractivity contribution in [2.24, 2.45) is 0 Å². The van der Waals surface area contributed by atoms with Gasteiger partial charge in [-0.25, -0.2) is 19.9 Å². The maximum atomic E-state index is 9.82. The molecule has 3 N–H and O–H groups in total.